The normalized spacial score (nSPS) is 36.7. The summed E-state index contributed by atoms with van der Waals surface area (Å²) in [6, 6.07) is 4.67. The summed E-state index contributed by atoms with van der Waals surface area (Å²) in [6.45, 7) is 0. The van der Waals surface area contributed by atoms with Crippen LogP contribution in [0, 0.1) is 34.5 Å². The second kappa shape index (κ2) is 7.20. The lowest BCUT2D eigenvalue weighted by atomic mass is 9.46. The van der Waals surface area contributed by atoms with Gasteiger partial charge in [-0.1, -0.05) is 0 Å². The number of Topliss-reactive ketones (excluding diaryl/α,β-unsaturated/α-hetero) is 4. The lowest BCUT2D eigenvalue weighted by molar-refractivity contribution is -0.142. The van der Waals surface area contributed by atoms with Crippen LogP contribution in [-0.2, 0) is 9.59 Å². The van der Waals surface area contributed by atoms with Gasteiger partial charge in [-0.05, 0) is 12.1 Å². The first kappa shape index (κ1) is 25.1. The van der Waals surface area contributed by atoms with Crippen LogP contribution in [0.5, 0.6) is 23.0 Å². The number of fused-ring (bicyclic) bond motifs is 4. The Morgan fingerprint density at radius 1 is 0.619 bits per heavy atom. The molecule has 4 bridgehead atoms. The van der Waals surface area contributed by atoms with E-state index in [1.54, 1.807) is 0 Å². The minimum atomic E-state index is -2.33. The van der Waals surface area contributed by atoms with Crippen molar-refractivity contribution >= 4 is 34.7 Å². The predicted octanol–water partition coefficient (Wildman–Crippen LogP) is 1.10. The van der Waals surface area contributed by atoms with E-state index in [1.165, 1.54) is 26.4 Å². The number of phenols is 2. The molecular weight excluding hydrogens is 552 g/mol. The summed E-state index contributed by atoms with van der Waals surface area (Å²) < 4.78 is 10.3. The smallest absolute Gasteiger partial charge is 0.175 e. The number of aliphatic hydroxyl groups excluding tert-OH is 4. The molecule has 0 radical (unpaired) electrons. The van der Waals surface area contributed by atoms with E-state index < -0.39 is 104 Å². The quantitative estimate of drug-likeness (QED) is 0.298. The lowest BCUT2D eigenvalue weighted by Gasteiger charge is -2.53. The van der Waals surface area contributed by atoms with Crippen LogP contribution in [0.3, 0.4) is 0 Å². The zero-order valence-corrected chi connectivity index (χ0v) is 21.9. The number of rotatable bonds is 2. The predicted molar refractivity (Wildman–Crippen MR) is 138 cm³/mol. The van der Waals surface area contributed by atoms with Gasteiger partial charge in [-0.15, -0.1) is 0 Å². The van der Waals surface area contributed by atoms with Gasteiger partial charge in [-0.25, -0.2) is 0 Å². The molecule has 0 aromatic heterocycles. The summed E-state index contributed by atoms with van der Waals surface area (Å²) >= 11 is 0. The Bertz CT molecular complexity index is 1720. The van der Waals surface area contributed by atoms with E-state index in [4.69, 9.17) is 9.47 Å². The van der Waals surface area contributed by atoms with Crippen LogP contribution in [0.4, 0.5) is 0 Å². The molecule has 0 heterocycles. The molecule has 2 spiro atoms. The van der Waals surface area contributed by atoms with Crippen molar-refractivity contribution in [1.29, 1.82) is 0 Å². The number of hydrogen-bond donors (Lipinski definition) is 6. The number of allylic oxidation sites excluding steroid dienone is 2. The largest absolute Gasteiger partial charge is 0.507 e. The highest BCUT2D eigenvalue weighted by Gasteiger charge is 2.89. The average molecular weight is 574 g/mol. The molecule has 12 nitrogen and oxygen atoms in total. The summed E-state index contributed by atoms with van der Waals surface area (Å²) in [5, 5.41) is 68.2. The van der Waals surface area contributed by atoms with Crippen molar-refractivity contribution in [2.45, 2.75) is 12.2 Å². The van der Waals surface area contributed by atoms with Gasteiger partial charge in [-0.3, -0.25) is 19.2 Å². The van der Waals surface area contributed by atoms with Crippen LogP contribution < -0.4 is 9.47 Å². The molecule has 0 aliphatic heterocycles. The van der Waals surface area contributed by atoms with E-state index in [1.807, 2.05) is 0 Å². The lowest BCUT2D eigenvalue weighted by Crippen LogP contribution is -2.65. The SMILES string of the molecule is COc1cc(O)c2c(c1)C(=O)[C@]13C(=C2O)C(=O)[C@@H]2[C@@H](O)[C@H]1[C@@H]1[C@H](O)[C@H]3C(=O)C3=C(O)c4c(O)cc(OC)cc4C(=O)[C@]312. The van der Waals surface area contributed by atoms with Gasteiger partial charge in [-0.2, -0.15) is 0 Å². The molecule has 42 heavy (non-hydrogen) atoms. The van der Waals surface area contributed by atoms with Gasteiger partial charge in [0.25, 0.3) is 0 Å². The molecule has 12 heteroatoms. The fourth-order valence-electron chi connectivity index (χ4n) is 9.41. The number of methoxy groups -OCH3 is 2. The molecule has 0 unspecified atom stereocenters. The van der Waals surface area contributed by atoms with E-state index in [0.717, 1.165) is 12.1 Å². The summed E-state index contributed by atoms with van der Waals surface area (Å²) in [5.74, 6) is -13.1. The fourth-order valence-corrected chi connectivity index (χ4v) is 9.41. The van der Waals surface area contributed by atoms with E-state index in [0.29, 0.717) is 0 Å². The first-order valence-corrected chi connectivity index (χ1v) is 13.2. The van der Waals surface area contributed by atoms with Crippen molar-refractivity contribution < 1.29 is 59.3 Å². The van der Waals surface area contributed by atoms with Crippen molar-refractivity contribution in [2.24, 2.45) is 34.5 Å². The molecule has 2 aromatic carbocycles. The number of ether oxygens (including phenoxy) is 2. The standard InChI is InChI=1S/C30H22O12/c1-41-7-3-9-13(11(31)5-7)21(33)17-25(37)20-23(35)15-16-24(36)19(29(15,17)27(9)39)26(38)18-22(34)14-10(28(40)30(16,18)20)4-8(42-2)6-12(14)32/h3-6,15-16,19-20,23-24,31-36H,1-2H3/t15-,16-,19+,20+,23+,24+,29+,30+/m1/s1. The van der Waals surface area contributed by atoms with Gasteiger partial charge >= 0.3 is 0 Å². The van der Waals surface area contributed by atoms with E-state index >= 15 is 0 Å². The van der Waals surface area contributed by atoms with E-state index in [9.17, 15) is 49.8 Å². The van der Waals surface area contributed by atoms with Gasteiger partial charge in [0.05, 0.1) is 71.4 Å². The minimum absolute atomic E-state index is 0.0209. The van der Waals surface area contributed by atoms with Gasteiger partial charge in [0.2, 0.25) is 0 Å². The summed E-state index contributed by atoms with van der Waals surface area (Å²) in [6.07, 6.45) is -3.49. The van der Waals surface area contributed by atoms with E-state index in [2.05, 4.69) is 0 Å². The first-order chi connectivity index (χ1) is 19.9. The van der Waals surface area contributed by atoms with Gasteiger partial charge in [0, 0.05) is 35.1 Å². The topological polar surface area (TPSA) is 208 Å². The van der Waals surface area contributed by atoms with Crippen molar-refractivity contribution in [3.05, 3.63) is 57.7 Å². The van der Waals surface area contributed by atoms with Crippen molar-refractivity contribution in [2.75, 3.05) is 14.2 Å². The van der Waals surface area contributed by atoms with Crippen LogP contribution in [0.1, 0.15) is 31.8 Å². The third-order valence-electron chi connectivity index (χ3n) is 10.6. The maximum absolute atomic E-state index is 14.6. The molecule has 8 atom stereocenters. The molecule has 8 rings (SSSR count). The van der Waals surface area contributed by atoms with Gasteiger partial charge < -0.3 is 40.1 Å². The highest BCUT2D eigenvalue weighted by Crippen LogP contribution is 2.80. The van der Waals surface area contributed by atoms with Gasteiger partial charge in [0.15, 0.2) is 23.1 Å². The molecule has 0 saturated heterocycles. The highest BCUT2D eigenvalue weighted by atomic mass is 16.5. The zero-order valence-electron chi connectivity index (χ0n) is 21.9. The second-order valence-corrected chi connectivity index (χ2v) is 11.7. The molecule has 2 aromatic rings. The molecule has 6 aliphatic rings. The second-order valence-electron chi connectivity index (χ2n) is 11.7. The molecule has 6 N–H and O–H groups in total. The summed E-state index contributed by atoms with van der Waals surface area (Å²) in [5.41, 5.74) is -7.16. The van der Waals surface area contributed by atoms with Crippen molar-refractivity contribution in [1.82, 2.24) is 0 Å². The third kappa shape index (κ3) is 2.14. The van der Waals surface area contributed by atoms with Crippen molar-refractivity contribution in [3.8, 4) is 23.0 Å². The van der Waals surface area contributed by atoms with Crippen LogP contribution in [0.15, 0.2) is 35.4 Å². The Morgan fingerprint density at radius 2 is 0.976 bits per heavy atom. The van der Waals surface area contributed by atoms with Crippen LogP contribution in [0.2, 0.25) is 0 Å². The monoisotopic (exact) mass is 574 g/mol. The average Bonchev–Trinajstić information content (AvgIpc) is 3.31. The minimum Gasteiger partial charge on any atom is -0.507 e. The summed E-state index contributed by atoms with van der Waals surface area (Å²) in [7, 11) is 2.55. The number of benzene rings is 2. The maximum atomic E-state index is 14.6. The number of carbonyl (C=O) groups excluding carboxylic acids is 4. The third-order valence-corrected chi connectivity index (χ3v) is 10.6. The van der Waals surface area contributed by atoms with Crippen LogP contribution in [0.25, 0.3) is 11.5 Å². The maximum Gasteiger partial charge on any atom is 0.175 e. The molecule has 4 saturated carbocycles. The molecule has 214 valence electrons. The Hall–Kier alpha value is -4.68. The number of aliphatic hydroxyl groups is 4. The first-order valence-electron chi connectivity index (χ1n) is 13.2. The number of phenolic OH excluding ortho intramolecular Hbond substituents is 2. The molecule has 6 aliphatic carbocycles. The summed E-state index contributed by atoms with van der Waals surface area (Å²) in [4.78, 5) is 58.2. The molecule has 4 fully saturated rings. The molecule has 0 amide bonds. The Morgan fingerprint density at radius 3 is 1.31 bits per heavy atom. The number of ketones is 4. The molecular formula is C30H22O12. The van der Waals surface area contributed by atoms with Crippen LogP contribution >= 0.6 is 0 Å². The number of carbonyl (C=O) groups is 4. The van der Waals surface area contributed by atoms with E-state index in [-0.39, 0.29) is 33.8 Å². The zero-order chi connectivity index (χ0) is 29.9. The number of aromatic hydroxyl groups is 2. The number of hydrogen-bond acceptors (Lipinski definition) is 12. The fraction of sp³-hybridized carbons (Fsp3) is 0.333. The van der Waals surface area contributed by atoms with Crippen LogP contribution in [-0.4, -0.2) is 80.2 Å². The highest BCUT2D eigenvalue weighted by molar-refractivity contribution is 6.30. The Balaban J connectivity index is 1.52. The van der Waals surface area contributed by atoms with Gasteiger partial charge in [0.1, 0.15) is 34.5 Å². The van der Waals surface area contributed by atoms with Crippen molar-refractivity contribution in [3.63, 3.8) is 0 Å². The Labute approximate surface area is 235 Å². The Kier molecular flexibility index (Phi) is 4.30.